The highest BCUT2D eigenvalue weighted by Gasteiger charge is 2.26. The molecule has 5 aromatic rings. The number of rotatable bonds is 7. The molecule has 10 heteroatoms. The van der Waals surface area contributed by atoms with Gasteiger partial charge in [-0.3, -0.25) is 4.98 Å². The molecule has 3 aromatic heterocycles. The second-order valence-corrected chi connectivity index (χ2v) is 12.2. The highest BCUT2D eigenvalue weighted by molar-refractivity contribution is 7.91. The van der Waals surface area contributed by atoms with Gasteiger partial charge in [0, 0.05) is 17.1 Å². The standard InChI is InChI=1S/C27H26N6O2S2/c1-27(2,3)33-37(34,35)26-31-22(17-36-26)24-30-21-14-9-13-20(18-10-5-4-6-11-18)23(21)25(32-24)29-16-19-12-7-8-15-28-19/h4-15,17,33H,16H2,1-3H3,(H,29,30,32). The molecule has 0 bridgehead atoms. The smallest absolute Gasteiger partial charge is 0.268 e. The fraction of sp³-hybridized carbons (Fsp3) is 0.185. The van der Waals surface area contributed by atoms with Crippen LogP contribution in [0.1, 0.15) is 26.5 Å². The maximum Gasteiger partial charge on any atom is 0.268 e. The molecule has 5 rings (SSSR count). The summed E-state index contributed by atoms with van der Waals surface area (Å²) in [7, 11) is -3.77. The van der Waals surface area contributed by atoms with Crippen LogP contribution in [0, 0.1) is 0 Å². The van der Waals surface area contributed by atoms with Gasteiger partial charge in [0.2, 0.25) is 4.34 Å². The number of sulfonamides is 1. The highest BCUT2D eigenvalue weighted by Crippen LogP contribution is 2.34. The number of thiazole rings is 1. The minimum atomic E-state index is -3.77. The van der Waals surface area contributed by atoms with Crippen LogP contribution in [0.4, 0.5) is 5.82 Å². The zero-order valence-electron chi connectivity index (χ0n) is 20.6. The lowest BCUT2D eigenvalue weighted by atomic mass is 10.0. The molecule has 0 saturated heterocycles. The van der Waals surface area contributed by atoms with Crippen LogP contribution in [0.15, 0.2) is 82.6 Å². The lowest BCUT2D eigenvalue weighted by Crippen LogP contribution is -2.40. The van der Waals surface area contributed by atoms with Gasteiger partial charge in [-0.1, -0.05) is 48.5 Å². The van der Waals surface area contributed by atoms with Crippen LogP contribution in [0.25, 0.3) is 33.5 Å². The first kappa shape index (κ1) is 24.9. The van der Waals surface area contributed by atoms with Crippen LogP contribution in [0.2, 0.25) is 0 Å². The molecule has 8 nitrogen and oxygen atoms in total. The van der Waals surface area contributed by atoms with Crippen LogP contribution in [-0.2, 0) is 16.6 Å². The van der Waals surface area contributed by atoms with E-state index in [4.69, 9.17) is 9.97 Å². The van der Waals surface area contributed by atoms with E-state index < -0.39 is 15.6 Å². The molecular weight excluding hydrogens is 504 g/mol. The summed E-state index contributed by atoms with van der Waals surface area (Å²) >= 11 is 1.04. The Labute approximate surface area is 219 Å². The second kappa shape index (κ2) is 9.97. The molecule has 0 aliphatic carbocycles. The summed E-state index contributed by atoms with van der Waals surface area (Å²) in [5.74, 6) is 0.963. The minimum Gasteiger partial charge on any atom is -0.364 e. The van der Waals surface area contributed by atoms with Gasteiger partial charge < -0.3 is 5.32 Å². The zero-order chi connectivity index (χ0) is 26.0. The van der Waals surface area contributed by atoms with E-state index in [1.165, 1.54) is 0 Å². The number of benzene rings is 2. The Morgan fingerprint density at radius 2 is 1.68 bits per heavy atom. The number of hydrogen-bond donors (Lipinski definition) is 2. The predicted molar refractivity (Wildman–Crippen MR) is 148 cm³/mol. The van der Waals surface area contributed by atoms with Gasteiger partial charge in [0.1, 0.15) is 11.5 Å². The maximum absolute atomic E-state index is 12.8. The Bertz CT molecular complexity index is 1650. The van der Waals surface area contributed by atoms with Crippen molar-refractivity contribution in [3.05, 3.63) is 84.0 Å². The highest BCUT2D eigenvalue weighted by atomic mass is 32.2. The molecule has 0 aliphatic heterocycles. The quantitative estimate of drug-likeness (QED) is 0.286. The van der Waals surface area contributed by atoms with Crippen molar-refractivity contribution in [2.75, 3.05) is 5.32 Å². The summed E-state index contributed by atoms with van der Waals surface area (Å²) in [6, 6.07) is 21.7. The van der Waals surface area contributed by atoms with E-state index in [0.29, 0.717) is 23.9 Å². The summed E-state index contributed by atoms with van der Waals surface area (Å²) in [5, 5.41) is 5.96. The maximum atomic E-state index is 12.8. The van der Waals surface area contributed by atoms with Gasteiger partial charge in [-0.2, -0.15) is 0 Å². The Hall–Kier alpha value is -3.73. The molecule has 0 aliphatic rings. The number of nitrogens with zero attached hydrogens (tertiary/aromatic N) is 4. The number of nitrogens with one attached hydrogen (secondary N) is 2. The van der Waals surface area contributed by atoms with E-state index in [9.17, 15) is 8.42 Å². The largest absolute Gasteiger partial charge is 0.364 e. The number of hydrogen-bond acceptors (Lipinski definition) is 8. The first-order valence-corrected chi connectivity index (χ1v) is 14.1. The normalized spacial score (nSPS) is 12.1. The molecule has 0 amide bonds. The lowest BCUT2D eigenvalue weighted by molar-refractivity contribution is 0.491. The fourth-order valence-corrected chi connectivity index (χ4v) is 6.30. The fourth-order valence-electron chi connectivity index (χ4n) is 3.89. The van der Waals surface area contributed by atoms with Gasteiger partial charge in [0.25, 0.3) is 10.0 Å². The van der Waals surface area contributed by atoms with Gasteiger partial charge in [0.15, 0.2) is 5.82 Å². The van der Waals surface area contributed by atoms with E-state index in [-0.39, 0.29) is 4.34 Å². The SMILES string of the molecule is CC(C)(C)NS(=O)(=O)c1nc(-c2nc(NCc3ccccn3)c3c(-c4ccccc4)cccc3n2)cs1. The molecule has 2 N–H and O–H groups in total. The van der Waals surface area contributed by atoms with Crippen LogP contribution in [0.3, 0.4) is 0 Å². The second-order valence-electron chi connectivity index (χ2n) is 9.49. The first-order valence-electron chi connectivity index (χ1n) is 11.7. The van der Waals surface area contributed by atoms with Gasteiger partial charge in [-0.05, 0) is 50.1 Å². The molecule has 0 spiro atoms. The summed E-state index contributed by atoms with van der Waals surface area (Å²) in [4.78, 5) is 18.4. The molecule has 0 unspecified atom stereocenters. The number of fused-ring (bicyclic) bond motifs is 1. The summed E-state index contributed by atoms with van der Waals surface area (Å²) < 4.78 is 28.2. The topological polar surface area (TPSA) is 110 Å². The van der Waals surface area contributed by atoms with Crippen LogP contribution >= 0.6 is 11.3 Å². The van der Waals surface area contributed by atoms with Gasteiger partial charge in [0.05, 0.1) is 23.1 Å². The number of anilines is 1. The monoisotopic (exact) mass is 530 g/mol. The summed E-state index contributed by atoms with van der Waals surface area (Å²) in [6.07, 6.45) is 1.75. The minimum absolute atomic E-state index is 0.0258. The molecule has 188 valence electrons. The average Bonchev–Trinajstić information content (AvgIpc) is 3.38. The molecular formula is C27H26N6O2S2. The van der Waals surface area contributed by atoms with Crippen molar-refractivity contribution in [2.45, 2.75) is 37.2 Å². The van der Waals surface area contributed by atoms with Crippen molar-refractivity contribution in [1.29, 1.82) is 0 Å². The third kappa shape index (κ3) is 5.66. The first-order chi connectivity index (χ1) is 17.7. The van der Waals surface area contributed by atoms with Crippen molar-refractivity contribution < 1.29 is 8.42 Å². The predicted octanol–water partition coefficient (Wildman–Crippen LogP) is 5.50. The van der Waals surface area contributed by atoms with Crippen molar-refractivity contribution in [3.8, 4) is 22.6 Å². The molecule has 2 aromatic carbocycles. The Morgan fingerprint density at radius 1 is 0.892 bits per heavy atom. The number of pyridine rings is 1. The Kier molecular flexibility index (Phi) is 6.72. The Balaban J connectivity index is 1.61. The molecule has 0 atom stereocenters. The molecule has 3 heterocycles. The summed E-state index contributed by atoms with van der Waals surface area (Å²) in [6.45, 7) is 5.82. The van der Waals surface area contributed by atoms with E-state index in [1.54, 1.807) is 32.3 Å². The van der Waals surface area contributed by atoms with Crippen LogP contribution in [-0.4, -0.2) is 33.9 Å². The molecule has 0 fully saturated rings. The third-order valence-corrected chi connectivity index (χ3v) is 8.37. The molecule has 0 saturated carbocycles. The van der Waals surface area contributed by atoms with Crippen LogP contribution in [0.5, 0.6) is 0 Å². The third-order valence-electron chi connectivity index (χ3n) is 5.35. The number of aromatic nitrogens is 4. The van der Waals surface area contributed by atoms with E-state index >= 15 is 0 Å². The average molecular weight is 531 g/mol. The van der Waals surface area contributed by atoms with Gasteiger partial charge in [-0.25, -0.2) is 28.1 Å². The van der Waals surface area contributed by atoms with Crippen LogP contribution < -0.4 is 10.0 Å². The van der Waals surface area contributed by atoms with E-state index in [1.807, 2.05) is 66.7 Å². The van der Waals surface area contributed by atoms with Crippen molar-refractivity contribution >= 4 is 38.1 Å². The Morgan fingerprint density at radius 3 is 2.41 bits per heavy atom. The van der Waals surface area contributed by atoms with Crippen molar-refractivity contribution in [1.82, 2.24) is 24.7 Å². The molecule has 0 radical (unpaired) electrons. The van der Waals surface area contributed by atoms with Gasteiger partial charge >= 0.3 is 0 Å². The lowest BCUT2D eigenvalue weighted by Gasteiger charge is -2.18. The van der Waals surface area contributed by atoms with Crippen molar-refractivity contribution in [3.63, 3.8) is 0 Å². The van der Waals surface area contributed by atoms with E-state index in [2.05, 4.69) is 20.0 Å². The van der Waals surface area contributed by atoms with Crippen molar-refractivity contribution in [2.24, 2.45) is 0 Å². The molecule has 37 heavy (non-hydrogen) atoms. The summed E-state index contributed by atoms with van der Waals surface area (Å²) in [5.41, 5.74) is 3.39. The van der Waals surface area contributed by atoms with E-state index in [0.717, 1.165) is 39.1 Å². The van der Waals surface area contributed by atoms with Gasteiger partial charge in [-0.15, -0.1) is 11.3 Å². The zero-order valence-corrected chi connectivity index (χ0v) is 22.3.